The zero-order valence-corrected chi connectivity index (χ0v) is 17.5. The Kier molecular flexibility index (Phi) is 6.48. The van der Waals surface area contributed by atoms with Gasteiger partial charge in [-0.15, -0.1) is 11.8 Å². The summed E-state index contributed by atoms with van der Waals surface area (Å²) in [6.45, 7) is 1.87. The second-order valence-electron chi connectivity index (χ2n) is 5.93. The lowest BCUT2D eigenvalue weighted by Gasteiger charge is -2.25. The van der Waals surface area contributed by atoms with Crippen LogP contribution in [0.4, 0.5) is 5.69 Å². The Balaban J connectivity index is 2.06. The van der Waals surface area contributed by atoms with E-state index < -0.39 is 11.9 Å². The number of nitrogens with one attached hydrogen (secondary N) is 1. The van der Waals surface area contributed by atoms with Gasteiger partial charge in [-0.3, -0.25) is 15.2 Å². The Labute approximate surface area is 177 Å². The summed E-state index contributed by atoms with van der Waals surface area (Å²) in [5.74, 6) is -0.906. The van der Waals surface area contributed by atoms with Gasteiger partial charge in [-0.05, 0) is 30.7 Å². The number of carboxylic acid groups (broad SMARTS) is 1. The first-order valence-electron chi connectivity index (χ1n) is 8.26. The third kappa shape index (κ3) is 4.32. The minimum Gasteiger partial charge on any atom is -0.481 e. The fourth-order valence-corrected chi connectivity index (χ4v) is 4.77. The summed E-state index contributed by atoms with van der Waals surface area (Å²) in [6.07, 6.45) is 0.495. The van der Waals surface area contributed by atoms with Gasteiger partial charge in [-0.25, -0.2) is 0 Å². The van der Waals surface area contributed by atoms with Crippen LogP contribution in [0.1, 0.15) is 18.9 Å². The summed E-state index contributed by atoms with van der Waals surface area (Å²) >= 11 is 20.1. The number of halogens is 3. The standard InChI is InChI=1S/C19H17Cl3N2O2S/c1-2-13(19(25)26)18-17(11-6-8-12(20)9-7-11)24(10-27-18)23-16-14(21)4-3-5-15(16)22/h3-9,13,23H,2,10H2,1H3,(H,25,26). The number of rotatable bonds is 6. The maximum absolute atomic E-state index is 11.8. The van der Waals surface area contributed by atoms with Gasteiger partial charge in [0.1, 0.15) is 0 Å². The van der Waals surface area contributed by atoms with Crippen molar-refractivity contribution >= 4 is 63.9 Å². The fraction of sp³-hybridized carbons (Fsp3) is 0.211. The second kappa shape index (κ2) is 8.65. The molecule has 142 valence electrons. The number of nitrogens with zero attached hydrogens (tertiary/aromatic N) is 1. The molecule has 1 aliphatic rings. The topological polar surface area (TPSA) is 52.6 Å². The second-order valence-corrected chi connectivity index (χ2v) is 8.17. The molecule has 1 aliphatic heterocycles. The third-order valence-electron chi connectivity index (χ3n) is 4.20. The van der Waals surface area contributed by atoms with Crippen LogP contribution in [0.25, 0.3) is 5.70 Å². The van der Waals surface area contributed by atoms with Crippen LogP contribution in [-0.4, -0.2) is 22.0 Å². The molecule has 0 aromatic heterocycles. The highest BCUT2D eigenvalue weighted by molar-refractivity contribution is 8.03. The largest absolute Gasteiger partial charge is 0.481 e. The number of carboxylic acids is 1. The average molecular weight is 444 g/mol. The molecule has 0 bridgehead atoms. The van der Waals surface area contributed by atoms with Crippen LogP contribution in [0.15, 0.2) is 47.4 Å². The van der Waals surface area contributed by atoms with E-state index in [9.17, 15) is 9.90 Å². The van der Waals surface area contributed by atoms with Crippen LogP contribution in [0.2, 0.25) is 15.1 Å². The molecule has 1 heterocycles. The van der Waals surface area contributed by atoms with Gasteiger partial charge in [-0.2, -0.15) is 0 Å². The van der Waals surface area contributed by atoms with E-state index in [-0.39, 0.29) is 0 Å². The van der Waals surface area contributed by atoms with Gasteiger partial charge in [0.25, 0.3) is 0 Å². The summed E-state index contributed by atoms with van der Waals surface area (Å²) in [5, 5.41) is 13.1. The molecule has 4 nitrogen and oxygen atoms in total. The van der Waals surface area contributed by atoms with Gasteiger partial charge >= 0.3 is 5.97 Å². The van der Waals surface area contributed by atoms with Gasteiger partial charge in [0.15, 0.2) is 0 Å². The molecule has 0 fully saturated rings. The number of hydrazine groups is 1. The summed E-state index contributed by atoms with van der Waals surface area (Å²) in [5.41, 5.74) is 5.50. The molecule has 0 radical (unpaired) electrons. The molecule has 0 aliphatic carbocycles. The van der Waals surface area contributed by atoms with Crippen LogP contribution in [-0.2, 0) is 4.79 Å². The highest BCUT2D eigenvalue weighted by atomic mass is 35.5. The van der Waals surface area contributed by atoms with Crippen LogP contribution < -0.4 is 5.43 Å². The fourth-order valence-electron chi connectivity index (χ4n) is 2.87. The summed E-state index contributed by atoms with van der Waals surface area (Å²) in [4.78, 5) is 12.6. The van der Waals surface area contributed by atoms with Crippen molar-refractivity contribution in [2.45, 2.75) is 13.3 Å². The normalized spacial score (nSPS) is 15.2. The monoisotopic (exact) mass is 442 g/mol. The van der Waals surface area contributed by atoms with Gasteiger partial charge in [0, 0.05) is 15.5 Å². The van der Waals surface area contributed by atoms with Crippen molar-refractivity contribution in [1.82, 2.24) is 5.01 Å². The van der Waals surface area contributed by atoms with Crippen LogP contribution in [0, 0.1) is 5.92 Å². The first-order chi connectivity index (χ1) is 12.9. The molecule has 0 saturated heterocycles. The number of aliphatic carboxylic acids is 1. The molecule has 0 spiro atoms. The van der Waals surface area contributed by atoms with E-state index in [2.05, 4.69) is 5.43 Å². The lowest BCUT2D eigenvalue weighted by atomic mass is 10.0. The lowest BCUT2D eigenvalue weighted by molar-refractivity contribution is -0.140. The molecule has 0 saturated carbocycles. The van der Waals surface area contributed by atoms with Crippen molar-refractivity contribution in [1.29, 1.82) is 0 Å². The third-order valence-corrected chi connectivity index (χ3v) is 6.26. The van der Waals surface area contributed by atoms with Crippen molar-refractivity contribution < 1.29 is 9.90 Å². The molecule has 8 heteroatoms. The number of hydrogen-bond acceptors (Lipinski definition) is 4. The summed E-state index contributed by atoms with van der Waals surface area (Å²) in [7, 11) is 0. The highest BCUT2D eigenvalue weighted by Gasteiger charge is 2.33. The van der Waals surface area contributed by atoms with Crippen molar-refractivity contribution in [3.63, 3.8) is 0 Å². The van der Waals surface area contributed by atoms with E-state index in [0.717, 1.165) is 16.2 Å². The molecule has 2 aromatic rings. The molecule has 1 atom stereocenters. The van der Waals surface area contributed by atoms with Crippen LogP contribution in [0.5, 0.6) is 0 Å². The smallest absolute Gasteiger partial charge is 0.311 e. The van der Waals surface area contributed by atoms with Gasteiger partial charge in [0.2, 0.25) is 0 Å². The maximum Gasteiger partial charge on any atom is 0.311 e. The van der Waals surface area contributed by atoms with E-state index in [0.29, 0.717) is 33.1 Å². The maximum atomic E-state index is 11.8. The molecular weight excluding hydrogens is 427 g/mol. The molecular formula is C19H17Cl3N2O2S. The molecule has 1 unspecified atom stereocenters. The first kappa shape index (κ1) is 20.2. The van der Waals surface area contributed by atoms with E-state index >= 15 is 0 Å². The van der Waals surface area contributed by atoms with E-state index in [1.165, 1.54) is 11.8 Å². The Hall–Kier alpha value is -1.53. The quantitative estimate of drug-likeness (QED) is 0.536. The molecule has 2 N–H and O–H groups in total. The van der Waals surface area contributed by atoms with E-state index in [1.54, 1.807) is 30.3 Å². The summed E-state index contributed by atoms with van der Waals surface area (Å²) < 4.78 is 0. The van der Waals surface area contributed by atoms with E-state index in [4.69, 9.17) is 34.8 Å². The minimum atomic E-state index is -0.843. The van der Waals surface area contributed by atoms with Crippen molar-refractivity contribution in [3.8, 4) is 0 Å². The number of benzene rings is 2. The van der Waals surface area contributed by atoms with Crippen molar-refractivity contribution in [3.05, 3.63) is 68.0 Å². The summed E-state index contributed by atoms with van der Waals surface area (Å²) in [6, 6.07) is 12.6. The van der Waals surface area contributed by atoms with Crippen LogP contribution >= 0.6 is 46.6 Å². The van der Waals surface area contributed by atoms with Gasteiger partial charge < -0.3 is 5.11 Å². The van der Waals surface area contributed by atoms with Crippen molar-refractivity contribution in [2.75, 3.05) is 11.3 Å². The predicted molar refractivity (Wildman–Crippen MR) is 114 cm³/mol. The van der Waals surface area contributed by atoms with Crippen LogP contribution in [0.3, 0.4) is 0 Å². The molecule has 27 heavy (non-hydrogen) atoms. The molecule has 0 amide bonds. The Bertz CT molecular complexity index is 867. The van der Waals surface area contributed by atoms with E-state index in [1.807, 2.05) is 24.1 Å². The zero-order valence-electron chi connectivity index (χ0n) is 14.4. The number of thioether (sulfide) groups is 1. The molecule has 2 aromatic carbocycles. The minimum absolute atomic E-state index is 0.488. The number of anilines is 1. The highest BCUT2D eigenvalue weighted by Crippen LogP contribution is 2.44. The Morgan fingerprint density at radius 3 is 2.37 bits per heavy atom. The average Bonchev–Trinajstić information content (AvgIpc) is 3.03. The predicted octanol–water partition coefficient (Wildman–Crippen LogP) is 6.46. The first-order valence-corrected chi connectivity index (χ1v) is 10.4. The SMILES string of the molecule is CCC(C(=O)O)C1=C(c2ccc(Cl)cc2)N(Nc2c(Cl)cccc2Cl)CS1. The Morgan fingerprint density at radius 2 is 1.81 bits per heavy atom. The molecule has 3 rings (SSSR count). The van der Waals surface area contributed by atoms with Gasteiger partial charge in [-0.1, -0.05) is 59.9 Å². The number of hydrogen-bond donors (Lipinski definition) is 2. The number of para-hydroxylation sites is 1. The van der Waals surface area contributed by atoms with Gasteiger partial charge in [0.05, 0.1) is 33.2 Å². The lowest BCUT2D eigenvalue weighted by Crippen LogP contribution is -2.26. The Morgan fingerprint density at radius 1 is 1.19 bits per heavy atom. The van der Waals surface area contributed by atoms with Crippen molar-refractivity contribution in [2.24, 2.45) is 5.92 Å². The zero-order chi connectivity index (χ0) is 19.6. The number of carbonyl (C=O) groups is 1.